The molecule has 3 aromatic rings. The number of aromatic amines is 1. The van der Waals surface area contributed by atoms with Crippen LogP contribution in [0, 0.1) is 0 Å². The first-order valence-corrected chi connectivity index (χ1v) is 9.72. The molecule has 0 amide bonds. The number of fused-ring (bicyclic) bond motifs is 2. The fraction of sp³-hybridized carbons (Fsp3) is 0.273. The number of H-pyrrole nitrogens is 1. The third kappa shape index (κ3) is 3.61. The molecule has 2 aromatic carbocycles. The standard InChI is InChI=1S/C22H22N4O2.ClH/c27-22-19(15-7-1-3-9-17(15)24-22)21-20(16-8-2-4-10-18(16)23-21)25-28-14-13-26-11-5-6-12-26;/h1-4,7-10,24,27H,5-6,11-14H2;1H. The molecular weight excluding hydrogens is 388 g/mol. The second-order valence-corrected chi connectivity index (χ2v) is 7.19. The highest BCUT2D eigenvalue weighted by Crippen LogP contribution is 2.35. The van der Waals surface area contributed by atoms with Crippen molar-refractivity contribution in [1.82, 2.24) is 9.88 Å². The van der Waals surface area contributed by atoms with Gasteiger partial charge in [-0.25, -0.2) is 4.99 Å². The lowest BCUT2D eigenvalue weighted by Gasteiger charge is -2.13. The van der Waals surface area contributed by atoms with Crippen LogP contribution in [0.25, 0.3) is 10.9 Å². The van der Waals surface area contributed by atoms with Gasteiger partial charge in [0.15, 0.2) is 5.88 Å². The van der Waals surface area contributed by atoms with E-state index >= 15 is 0 Å². The number of rotatable bonds is 5. The summed E-state index contributed by atoms with van der Waals surface area (Å²) in [6.45, 7) is 3.69. The summed E-state index contributed by atoms with van der Waals surface area (Å²) in [6, 6.07) is 15.6. The molecule has 29 heavy (non-hydrogen) atoms. The van der Waals surface area contributed by atoms with Crippen LogP contribution in [0.3, 0.4) is 0 Å². The Kier molecular flexibility index (Phi) is 5.56. The first kappa shape index (κ1) is 19.5. The molecule has 0 saturated carbocycles. The molecule has 1 aromatic heterocycles. The maximum atomic E-state index is 10.6. The molecule has 3 heterocycles. The first-order valence-electron chi connectivity index (χ1n) is 9.72. The number of likely N-dealkylation sites (tertiary alicyclic amines) is 1. The van der Waals surface area contributed by atoms with Gasteiger partial charge in [0.25, 0.3) is 0 Å². The molecular formula is C22H23ClN4O2. The van der Waals surface area contributed by atoms with Gasteiger partial charge < -0.3 is 14.9 Å². The Labute approximate surface area is 175 Å². The van der Waals surface area contributed by atoms with E-state index in [1.165, 1.54) is 12.8 Å². The summed E-state index contributed by atoms with van der Waals surface area (Å²) >= 11 is 0. The van der Waals surface area contributed by atoms with Gasteiger partial charge in [0.1, 0.15) is 18.0 Å². The maximum Gasteiger partial charge on any atom is 0.199 e. The number of hydrogen-bond acceptors (Lipinski definition) is 5. The van der Waals surface area contributed by atoms with E-state index in [1.807, 2.05) is 48.5 Å². The van der Waals surface area contributed by atoms with Crippen molar-refractivity contribution in [3.05, 3.63) is 59.7 Å². The summed E-state index contributed by atoms with van der Waals surface area (Å²) in [7, 11) is 0. The summed E-state index contributed by atoms with van der Waals surface area (Å²) in [5, 5.41) is 15.9. The van der Waals surface area contributed by atoms with E-state index in [4.69, 9.17) is 9.83 Å². The number of oxime groups is 1. The van der Waals surface area contributed by atoms with Gasteiger partial charge in [0.05, 0.1) is 11.3 Å². The van der Waals surface area contributed by atoms with Crippen molar-refractivity contribution in [3.8, 4) is 5.88 Å². The predicted molar refractivity (Wildman–Crippen MR) is 118 cm³/mol. The molecule has 6 nitrogen and oxygen atoms in total. The first-order chi connectivity index (χ1) is 13.8. The number of aromatic hydroxyl groups is 1. The fourth-order valence-electron chi connectivity index (χ4n) is 3.99. The van der Waals surface area contributed by atoms with Gasteiger partial charge in [-0.1, -0.05) is 41.6 Å². The third-order valence-corrected chi connectivity index (χ3v) is 5.39. The second kappa shape index (κ2) is 8.27. The van der Waals surface area contributed by atoms with Gasteiger partial charge in [-0.2, -0.15) is 0 Å². The van der Waals surface area contributed by atoms with E-state index in [-0.39, 0.29) is 18.3 Å². The van der Waals surface area contributed by atoms with Gasteiger partial charge in [-0.15, -0.1) is 12.4 Å². The number of nitrogens with zero attached hydrogens (tertiary/aromatic N) is 3. The molecule has 7 heteroatoms. The topological polar surface area (TPSA) is 73.2 Å². The van der Waals surface area contributed by atoms with E-state index in [0.29, 0.717) is 23.6 Å². The highest BCUT2D eigenvalue weighted by Gasteiger charge is 2.29. The van der Waals surface area contributed by atoms with Gasteiger partial charge in [0.2, 0.25) is 0 Å². The van der Waals surface area contributed by atoms with Crippen molar-refractivity contribution < 1.29 is 9.94 Å². The van der Waals surface area contributed by atoms with Crippen molar-refractivity contribution in [1.29, 1.82) is 0 Å². The lowest BCUT2D eigenvalue weighted by atomic mass is 10.0. The number of nitrogens with one attached hydrogen (secondary N) is 1. The summed E-state index contributed by atoms with van der Waals surface area (Å²) in [4.78, 5) is 15.9. The van der Waals surface area contributed by atoms with Crippen LogP contribution in [0.2, 0.25) is 0 Å². The Hall–Kier alpha value is -2.83. The van der Waals surface area contributed by atoms with Crippen molar-refractivity contribution in [3.63, 3.8) is 0 Å². The molecule has 150 valence electrons. The molecule has 0 bridgehead atoms. The van der Waals surface area contributed by atoms with Crippen molar-refractivity contribution >= 4 is 40.4 Å². The number of para-hydroxylation sites is 2. The number of aliphatic imine (C=N–C) groups is 1. The van der Waals surface area contributed by atoms with E-state index in [1.54, 1.807) is 0 Å². The van der Waals surface area contributed by atoms with Crippen LogP contribution >= 0.6 is 12.4 Å². The van der Waals surface area contributed by atoms with Crippen molar-refractivity contribution in [2.75, 3.05) is 26.2 Å². The van der Waals surface area contributed by atoms with Gasteiger partial charge >= 0.3 is 0 Å². The second-order valence-electron chi connectivity index (χ2n) is 7.19. The minimum atomic E-state index is 0. The minimum absolute atomic E-state index is 0. The quantitative estimate of drug-likeness (QED) is 0.488. The average Bonchev–Trinajstić information content (AvgIpc) is 3.42. The summed E-state index contributed by atoms with van der Waals surface area (Å²) < 4.78 is 0. The summed E-state index contributed by atoms with van der Waals surface area (Å²) in [5.41, 5.74) is 4.58. The Morgan fingerprint density at radius 3 is 2.69 bits per heavy atom. The van der Waals surface area contributed by atoms with Crippen molar-refractivity contribution in [2.45, 2.75) is 12.8 Å². The molecule has 2 aliphatic heterocycles. The van der Waals surface area contributed by atoms with Crippen LogP contribution in [-0.4, -0.2) is 52.7 Å². The van der Waals surface area contributed by atoms with Crippen LogP contribution in [0.1, 0.15) is 24.0 Å². The van der Waals surface area contributed by atoms with Crippen LogP contribution in [0.4, 0.5) is 5.69 Å². The number of benzene rings is 2. The molecule has 1 fully saturated rings. The van der Waals surface area contributed by atoms with Gasteiger partial charge in [0, 0.05) is 23.0 Å². The molecule has 0 radical (unpaired) electrons. The van der Waals surface area contributed by atoms with Crippen molar-refractivity contribution in [2.24, 2.45) is 10.1 Å². The highest BCUT2D eigenvalue weighted by atomic mass is 35.5. The largest absolute Gasteiger partial charge is 0.494 e. The molecule has 2 aliphatic rings. The lowest BCUT2D eigenvalue weighted by molar-refractivity contribution is 0.119. The van der Waals surface area contributed by atoms with Gasteiger partial charge in [-0.3, -0.25) is 4.90 Å². The SMILES string of the molecule is Cl.Oc1[nH]c2ccccc2c1C1=Nc2ccccc2C1=NOCCN1CCCC1. The monoisotopic (exact) mass is 410 g/mol. The average molecular weight is 411 g/mol. The number of aromatic nitrogens is 1. The fourth-order valence-corrected chi connectivity index (χ4v) is 3.99. The summed E-state index contributed by atoms with van der Waals surface area (Å²) in [6.07, 6.45) is 2.52. The molecule has 5 rings (SSSR count). The van der Waals surface area contributed by atoms with Crippen LogP contribution in [-0.2, 0) is 4.84 Å². The molecule has 1 saturated heterocycles. The zero-order valence-corrected chi connectivity index (χ0v) is 16.8. The minimum Gasteiger partial charge on any atom is -0.494 e. The van der Waals surface area contributed by atoms with E-state index in [0.717, 1.165) is 41.8 Å². The Balaban J connectivity index is 0.00000205. The molecule has 0 unspecified atom stereocenters. The third-order valence-electron chi connectivity index (χ3n) is 5.39. The molecule has 0 spiro atoms. The van der Waals surface area contributed by atoms with E-state index in [2.05, 4.69) is 15.0 Å². The maximum absolute atomic E-state index is 10.6. The van der Waals surface area contributed by atoms with Crippen LogP contribution in [0.15, 0.2) is 58.7 Å². The number of hydrogen-bond donors (Lipinski definition) is 2. The zero-order valence-electron chi connectivity index (χ0n) is 16.0. The van der Waals surface area contributed by atoms with Crippen LogP contribution in [0.5, 0.6) is 5.88 Å². The Morgan fingerprint density at radius 2 is 1.83 bits per heavy atom. The molecule has 0 aliphatic carbocycles. The van der Waals surface area contributed by atoms with Crippen LogP contribution < -0.4 is 0 Å². The molecule has 0 atom stereocenters. The smallest absolute Gasteiger partial charge is 0.199 e. The van der Waals surface area contributed by atoms with E-state index < -0.39 is 0 Å². The summed E-state index contributed by atoms with van der Waals surface area (Å²) in [5.74, 6) is 0.0949. The highest BCUT2D eigenvalue weighted by molar-refractivity contribution is 6.58. The number of halogens is 1. The Bertz CT molecular complexity index is 1080. The zero-order chi connectivity index (χ0) is 18.9. The molecule has 2 N–H and O–H groups in total. The van der Waals surface area contributed by atoms with Gasteiger partial charge in [-0.05, 0) is 38.1 Å². The Morgan fingerprint density at radius 1 is 1.07 bits per heavy atom. The van der Waals surface area contributed by atoms with E-state index in [9.17, 15) is 5.11 Å². The lowest BCUT2D eigenvalue weighted by Crippen LogP contribution is -2.23. The predicted octanol–water partition coefficient (Wildman–Crippen LogP) is 4.25. The normalized spacial score (nSPS) is 17.4.